The van der Waals surface area contributed by atoms with Gasteiger partial charge in [0.25, 0.3) is 5.91 Å². The van der Waals surface area contributed by atoms with E-state index in [1.807, 2.05) is 78.9 Å². The number of benzene rings is 6. The van der Waals surface area contributed by atoms with Gasteiger partial charge in [-0.2, -0.15) is 17.6 Å². The molecule has 2 unspecified atom stereocenters. The number of amides is 2. The van der Waals surface area contributed by atoms with Crippen molar-refractivity contribution < 1.29 is 107 Å². The average molecular weight is 1090 g/mol. The van der Waals surface area contributed by atoms with Crippen LogP contribution in [0.3, 0.4) is 0 Å². The van der Waals surface area contributed by atoms with E-state index in [2.05, 4.69) is 9.97 Å². The van der Waals surface area contributed by atoms with E-state index in [1.54, 1.807) is 35.2 Å². The Morgan fingerprint density at radius 1 is 0.605 bits per heavy atom. The van der Waals surface area contributed by atoms with Gasteiger partial charge < -0.3 is 40.5 Å². The van der Waals surface area contributed by atoms with Crippen molar-refractivity contribution in [3.63, 3.8) is 0 Å². The van der Waals surface area contributed by atoms with Crippen LogP contribution in [0.2, 0.25) is 0 Å². The number of fused-ring (bicyclic) bond motifs is 6. The van der Waals surface area contributed by atoms with Crippen LogP contribution in [0.15, 0.2) is 121 Å². The zero-order valence-electron chi connectivity index (χ0n) is 41.3. The molecule has 2 aromatic heterocycles. The Balaban J connectivity index is 0.000000281. The van der Waals surface area contributed by atoms with E-state index in [9.17, 15) is 54.3 Å². The number of alkyl halides is 1. The molecular weight excluding hydrogens is 1040 g/mol. The first-order chi connectivity index (χ1) is 36.0. The van der Waals surface area contributed by atoms with Gasteiger partial charge in [0.2, 0.25) is 29.2 Å². The van der Waals surface area contributed by atoms with Gasteiger partial charge >= 0.3 is 41.5 Å². The molecule has 2 aliphatic rings. The van der Waals surface area contributed by atoms with Crippen molar-refractivity contribution in [3.05, 3.63) is 202 Å². The number of methoxy groups -OCH3 is 2. The van der Waals surface area contributed by atoms with E-state index < -0.39 is 107 Å². The number of carbonyl (C=O) groups is 4. The number of aromatic amines is 2. The Morgan fingerprint density at radius 3 is 1.37 bits per heavy atom. The molecule has 4 heterocycles. The molecule has 0 fully saturated rings. The SMILES string of the molecule is COC(=O)[C@@H]1Cc2c([nH]c3ccccc23)C(c2ccccc2)N1C(=O)CCl.COC(=O)[C@@H]1Cc2c([nH]c3ccccc23)C(c2ccccc2)N1C(=O)COc1c(F)c(F)cc(F)c1F.Oc1c(F)c(F)cc(F)c1F.[2HH].[H-].[HH].[Na+]. The second-order valence-electron chi connectivity index (χ2n) is 16.9. The number of hydrogen-bond donors (Lipinski definition) is 3. The van der Waals surface area contributed by atoms with Crippen LogP contribution in [-0.2, 0) is 41.5 Å². The number of H-pyrrole nitrogens is 2. The summed E-state index contributed by atoms with van der Waals surface area (Å²) in [6.07, 6.45) is 0.483. The van der Waals surface area contributed by atoms with Crippen LogP contribution in [0, 0.1) is 46.5 Å². The van der Waals surface area contributed by atoms with Gasteiger partial charge in [0.15, 0.2) is 41.4 Å². The van der Waals surface area contributed by atoms with E-state index in [1.165, 1.54) is 19.1 Å². The number of rotatable bonds is 8. The second-order valence-corrected chi connectivity index (χ2v) is 17.1. The number of aromatic nitrogens is 2. The minimum Gasteiger partial charge on any atom is -1.00 e. The van der Waals surface area contributed by atoms with Crippen molar-refractivity contribution >= 4 is 57.2 Å². The number of phenols is 1. The Morgan fingerprint density at radius 2 is 0.974 bits per heavy atom. The Kier molecular flexibility index (Phi) is 17.9. The van der Waals surface area contributed by atoms with Gasteiger partial charge in [-0.15, -0.1) is 11.6 Å². The summed E-state index contributed by atoms with van der Waals surface area (Å²) in [6.45, 7) is -0.997. The molecule has 3 N–H and O–H groups in total. The second kappa shape index (κ2) is 24.1. The largest absolute Gasteiger partial charge is 1.00 e. The number of halogens is 9. The van der Waals surface area contributed by atoms with Crippen LogP contribution in [0.4, 0.5) is 35.1 Å². The third-order valence-corrected chi connectivity index (χ3v) is 12.9. The Labute approximate surface area is 458 Å². The molecule has 10 rings (SSSR count). The van der Waals surface area contributed by atoms with Gasteiger partial charge in [-0.05, 0) is 34.4 Å². The van der Waals surface area contributed by atoms with Gasteiger partial charge in [0, 0.05) is 61.0 Å². The molecule has 76 heavy (non-hydrogen) atoms. The molecule has 12 nitrogen and oxygen atoms in total. The van der Waals surface area contributed by atoms with Crippen LogP contribution in [0.1, 0.15) is 50.0 Å². The molecule has 0 saturated heterocycles. The maximum absolute atomic E-state index is 14.1. The van der Waals surface area contributed by atoms with E-state index in [0.29, 0.717) is 17.7 Å². The van der Waals surface area contributed by atoms with Gasteiger partial charge in [0.1, 0.15) is 18.0 Å². The summed E-state index contributed by atoms with van der Waals surface area (Å²) in [6, 6.07) is 30.9. The molecule has 4 atom stereocenters. The molecule has 0 spiro atoms. The fourth-order valence-corrected chi connectivity index (χ4v) is 9.45. The first-order valence-corrected chi connectivity index (χ1v) is 23.1. The zero-order valence-corrected chi connectivity index (χ0v) is 43.0. The summed E-state index contributed by atoms with van der Waals surface area (Å²) < 4.78 is 119. The number of nitrogens with zero attached hydrogens (tertiary/aromatic N) is 2. The summed E-state index contributed by atoms with van der Waals surface area (Å²) >= 11 is 5.90. The summed E-state index contributed by atoms with van der Waals surface area (Å²) in [5.74, 6) is -19.2. The number of esters is 2. The molecule has 0 saturated carbocycles. The normalized spacial score (nSPS) is 16.5. The van der Waals surface area contributed by atoms with Crippen LogP contribution in [0.5, 0.6) is 11.5 Å². The number of aromatic hydroxyl groups is 1. The van der Waals surface area contributed by atoms with E-state index >= 15 is 0 Å². The van der Waals surface area contributed by atoms with Crippen molar-refractivity contribution in [1.29, 1.82) is 0 Å². The van der Waals surface area contributed by atoms with Gasteiger partial charge in [-0.3, -0.25) is 9.59 Å². The average Bonchev–Trinajstić information content (AvgIpc) is 4.00. The van der Waals surface area contributed by atoms with E-state index in [-0.39, 0.29) is 64.2 Å². The number of hydrogen-bond acceptors (Lipinski definition) is 8. The van der Waals surface area contributed by atoms with E-state index in [0.717, 1.165) is 44.2 Å². The van der Waals surface area contributed by atoms with Crippen molar-refractivity contribution in [1.82, 2.24) is 19.8 Å². The summed E-state index contributed by atoms with van der Waals surface area (Å²) in [5.41, 5.74) is 6.75. The quantitative estimate of drug-likeness (QED) is 0.0459. The topological polar surface area (TPSA) is 154 Å². The maximum atomic E-state index is 14.1. The minimum absolute atomic E-state index is 0. The summed E-state index contributed by atoms with van der Waals surface area (Å²) in [5, 5.41) is 10.3. The first-order valence-electron chi connectivity index (χ1n) is 22.6. The maximum Gasteiger partial charge on any atom is 1.00 e. The molecule has 2 amide bonds. The number of ether oxygens (including phenoxy) is 3. The van der Waals surface area contributed by atoms with Gasteiger partial charge in [-0.1, -0.05) is 97.1 Å². The fraction of sp³-hybridized carbons (Fsp3) is 0.185. The molecule has 2 aliphatic heterocycles. The molecule has 22 heteroatoms. The third-order valence-electron chi connectivity index (χ3n) is 12.6. The molecule has 8 aromatic rings. The fourth-order valence-electron chi connectivity index (χ4n) is 9.31. The predicted molar refractivity (Wildman–Crippen MR) is 262 cm³/mol. The summed E-state index contributed by atoms with van der Waals surface area (Å²) in [4.78, 5) is 61.4. The standard InChI is InChI=1S/C27H20F4N2O4.C21H19ClN2O3.C6H2F4O.Na.2H2.H/c1-36-27(35)20-11-16-15-9-5-6-10-19(15)32-24(16)25(14-7-3-2-4-8-14)33(20)21(34)13-37-26-22(30)17(28)12-18(29)23(26)31;1-27-21(26)17-11-15-14-9-5-6-10-16(14)23-19(15)20(24(17)18(25)12-22)13-7-3-2-4-8-13;7-2-1-3(8)5(10)6(11)4(2)9;;;;/h2-10,12,20,25,32H,11,13H2,1H3;2-10,17,20,23H,11-12H2,1H3;1,11H;;2*1H;/q;;;+1;;;-1/t20-,25?;17-,20?;;;;;/m00...../s1/i;;;;1+1;;. The number of nitrogens with one attached hydrogen (secondary N) is 2. The van der Waals surface area contributed by atoms with Crippen molar-refractivity contribution in [2.45, 2.75) is 37.0 Å². The van der Waals surface area contributed by atoms with Crippen LogP contribution in [0.25, 0.3) is 21.8 Å². The van der Waals surface area contributed by atoms with Crippen LogP contribution < -0.4 is 34.3 Å². The van der Waals surface area contributed by atoms with E-state index in [4.69, 9.17) is 30.9 Å². The molecule has 0 radical (unpaired) electrons. The monoisotopic (exact) mass is 1090 g/mol. The number of carbonyl (C=O) groups excluding carboxylic acids is 4. The minimum atomic E-state index is -1.79. The molecule has 0 bridgehead atoms. The number of para-hydroxylation sites is 2. The number of phenolic OH excluding ortho intramolecular Hbond substituents is 1. The van der Waals surface area contributed by atoms with Crippen LogP contribution in [-0.4, -0.2) is 87.4 Å². The molecule has 6 aromatic carbocycles. The third kappa shape index (κ3) is 11.0. The zero-order chi connectivity index (χ0) is 53.8. The first kappa shape index (κ1) is 56.3. The predicted octanol–water partition coefficient (Wildman–Crippen LogP) is 7.80. The van der Waals surface area contributed by atoms with Gasteiger partial charge in [0.05, 0.1) is 26.3 Å². The summed E-state index contributed by atoms with van der Waals surface area (Å²) in [7, 11) is 2.53. The molecule has 0 aliphatic carbocycles. The van der Waals surface area contributed by atoms with Gasteiger partial charge in [-0.25, -0.2) is 27.2 Å². The van der Waals surface area contributed by atoms with Crippen molar-refractivity contribution in [3.8, 4) is 11.5 Å². The van der Waals surface area contributed by atoms with Crippen LogP contribution >= 0.6 is 11.6 Å². The Hall–Kier alpha value is -7.39. The molecular formula is C54H46ClF8N4NaO8. The smallest absolute Gasteiger partial charge is 1.00 e. The van der Waals surface area contributed by atoms with Crippen molar-refractivity contribution in [2.75, 3.05) is 26.7 Å². The van der Waals surface area contributed by atoms with Crippen molar-refractivity contribution in [2.24, 2.45) is 0 Å². The Bertz CT molecular complexity index is 3430. The molecule has 394 valence electrons.